The molecule has 0 saturated heterocycles. The normalized spacial score (nSPS) is 11.8. The lowest BCUT2D eigenvalue weighted by Crippen LogP contribution is -2.42. The second kappa shape index (κ2) is 18.2. The van der Waals surface area contributed by atoms with Crippen LogP contribution >= 0.6 is 0 Å². The van der Waals surface area contributed by atoms with Gasteiger partial charge in [-0.15, -0.1) is 0 Å². The summed E-state index contributed by atoms with van der Waals surface area (Å²) >= 11 is 0. The summed E-state index contributed by atoms with van der Waals surface area (Å²) in [7, 11) is 0. The molecule has 0 fully saturated rings. The van der Waals surface area contributed by atoms with Crippen molar-refractivity contribution in [3.05, 3.63) is 0 Å². The van der Waals surface area contributed by atoms with Crippen LogP contribution in [0.5, 0.6) is 0 Å². The third-order valence-corrected chi connectivity index (χ3v) is 3.50. The molecule has 0 unspecified atom stereocenters. The van der Waals surface area contributed by atoms with E-state index in [1.807, 2.05) is 0 Å². The predicted molar refractivity (Wildman–Crippen MR) is 99.2 cm³/mol. The molecule has 0 aliphatic heterocycles. The summed E-state index contributed by atoms with van der Waals surface area (Å²) in [6.07, 6.45) is 2.65. The standard InChI is InChI=1S/C17H37N3O5/c1-20-7-12-25-16-17(14-23-10-5-18,15-24-11-6-19)13-22-9-4-2-3-8-21/h21H,1-16,18-19H2. The van der Waals surface area contributed by atoms with E-state index in [0.29, 0.717) is 72.5 Å². The first kappa shape index (κ1) is 24.4. The monoisotopic (exact) mass is 363 g/mol. The Morgan fingerprint density at radius 2 is 1.28 bits per heavy atom. The van der Waals surface area contributed by atoms with E-state index in [4.69, 9.17) is 35.5 Å². The van der Waals surface area contributed by atoms with Crippen LogP contribution in [0.25, 0.3) is 0 Å². The minimum atomic E-state index is -0.414. The first-order valence-corrected chi connectivity index (χ1v) is 8.99. The van der Waals surface area contributed by atoms with E-state index >= 15 is 0 Å². The fourth-order valence-electron chi connectivity index (χ4n) is 2.19. The molecule has 0 rings (SSSR count). The fourth-order valence-corrected chi connectivity index (χ4v) is 2.19. The average molecular weight is 363 g/mol. The Morgan fingerprint density at radius 1 is 0.760 bits per heavy atom. The molecule has 8 heteroatoms. The molecule has 0 saturated carbocycles. The molecule has 0 heterocycles. The summed E-state index contributed by atoms with van der Waals surface area (Å²) in [6.45, 7) is 8.99. The van der Waals surface area contributed by atoms with Gasteiger partial charge in [0.2, 0.25) is 0 Å². The molecule has 0 aliphatic rings. The van der Waals surface area contributed by atoms with Gasteiger partial charge in [-0.2, -0.15) is 0 Å². The van der Waals surface area contributed by atoms with Gasteiger partial charge < -0.3 is 35.5 Å². The summed E-state index contributed by atoms with van der Waals surface area (Å²) in [5, 5.41) is 8.81. The zero-order valence-electron chi connectivity index (χ0n) is 15.5. The largest absolute Gasteiger partial charge is 0.396 e. The Balaban J connectivity index is 4.54. The Labute approximate surface area is 151 Å². The molecule has 0 spiro atoms. The third kappa shape index (κ3) is 14.3. The van der Waals surface area contributed by atoms with Gasteiger partial charge in [0.05, 0.1) is 58.2 Å². The van der Waals surface area contributed by atoms with Gasteiger partial charge in [-0.1, -0.05) is 0 Å². The highest BCUT2D eigenvalue weighted by Gasteiger charge is 2.32. The predicted octanol–water partition coefficient (Wildman–Crippen LogP) is -0.180. The van der Waals surface area contributed by atoms with Crippen LogP contribution in [0, 0.1) is 5.41 Å². The summed E-state index contributed by atoms with van der Waals surface area (Å²) in [5.74, 6) is 0. The maximum Gasteiger partial charge on any atom is 0.0661 e. The quantitative estimate of drug-likeness (QED) is 0.203. The molecule has 0 amide bonds. The first-order valence-electron chi connectivity index (χ1n) is 8.99. The first-order chi connectivity index (χ1) is 12.2. The Bertz CT molecular complexity index is 285. The zero-order valence-corrected chi connectivity index (χ0v) is 15.5. The van der Waals surface area contributed by atoms with Crippen LogP contribution in [0.15, 0.2) is 4.99 Å². The minimum absolute atomic E-state index is 0.217. The van der Waals surface area contributed by atoms with Crippen molar-refractivity contribution < 1.29 is 24.1 Å². The number of aliphatic hydroxyl groups excluding tert-OH is 1. The average Bonchev–Trinajstić information content (AvgIpc) is 2.62. The van der Waals surface area contributed by atoms with Crippen LogP contribution < -0.4 is 11.5 Å². The second-order valence-electron chi connectivity index (χ2n) is 6.02. The highest BCUT2D eigenvalue weighted by atomic mass is 16.5. The van der Waals surface area contributed by atoms with Crippen LogP contribution in [0.3, 0.4) is 0 Å². The highest BCUT2D eigenvalue weighted by molar-refractivity contribution is 5.23. The van der Waals surface area contributed by atoms with Gasteiger partial charge >= 0.3 is 0 Å². The third-order valence-electron chi connectivity index (χ3n) is 3.50. The molecule has 0 aromatic heterocycles. The van der Waals surface area contributed by atoms with Gasteiger partial charge in [0.15, 0.2) is 0 Å². The number of rotatable bonds is 20. The molecule has 0 aromatic rings. The molecule has 25 heavy (non-hydrogen) atoms. The molecule has 0 bridgehead atoms. The number of hydrogen-bond acceptors (Lipinski definition) is 8. The van der Waals surface area contributed by atoms with Crippen LogP contribution in [-0.4, -0.2) is 90.9 Å². The van der Waals surface area contributed by atoms with Crippen LogP contribution in [0.1, 0.15) is 19.3 Å². The number of ether oxygens (including phenoxy) is 4. The Morgan fingerprint density at radius 3 is 1.76 bits per heavy atom. The molecule has 0 aromatic carbocycles. The van der Waals surface area contributed by atoms with Gasteiger partial charge in [-0.05, 0) is 26.0 Å². The Hall–Kier alpha value is -0.610. The van der Waals surface area contributed by atoms with Crippen molar-refractivity contribution in [2.45, 2.75) is 19.3 Å². The molecule has 5 N–H and O–H groups in total. The summed E-state index contributed by atoms with van der Waals surface area (Å²) in [6, 6.07) is 0. The molecule has 0 aliphatic carbocycles. The topological polar surface area (TPSA) is 122 Å². The summed E-state index contributed by atoms with van der Waals surface area (Å²) in [5.41, 5.74) is 10.6. The lowest BCUT2D eigenvalue weighted by molar-refractivity contribution is -0.104. The second-order valence-corrected chi connectivity index (χ2v) is 6.02. The van der Waals surface area contributed by atoms with Gasteiger partial charge in [-0.25, -0.2) is 0 Å². The van der Waals surface area contributed by atoms with E-state index in [0.717, 1.165) is 19.3 Å². The molecular formula is C17H37N3O5. The minimum Gasteiger partial charge on any atom is -0.396 e. The van der Waals surface area contributed by atoms with Crippen molar-refractivity contribution in [1.29, 1.82) is 0 Å². The van der Waals surface area contributed by atoms with Crippen molar-refractivity contribution in [3.63, 3.8) is 0 Å². The molecular weight excluding hydrogens is 326 g/mol. The van der Waals surface area contributed by atoms with Crippen molar-refractivity contribution in [2.75, 3.05) is 79.1 Å². The van der Waals surface area contributed by atoms with E-state index in [1.54, 1.807) is 0 Å². The van der Waals surface area contributed by atoms with E-state index in [1.165, 1.54) is 0 Å². The summed E-state index contributed by atoms with van der Waals surface area (Å²) in [4.78, 5) is 3.79. The van der Waals surface area contributed by atoms with Crippen LogP contribution in [0.2, 0.25) is 0 Å². The van der Waals surface area contributed by atoms with Gasteiger partial charge in [0, 0.05) is 26.3 Å². The maximum absolute atomic E-state index is 8.81. The molecule has 8 nitrogen and oxygen atoms in total. The van der Waals surface area contributed by atoms with Crippen LogP contribution in [0.4, 0.5) is 0 Å². The molecule has 0 atom stereocenters. The van der Waals surface area contributed by atoms with Crippen molar-refractivity contribution in [1.82, 2.24) is 0 Å². The lowest BCUT2D eigenvalue weighted by Gasteiger charge is -2.33. The van der Waals surface area contributed by atoms with Crippen LogP contribution in [-0.2, 0) is 18.9 Å². The number of aliphatic hydroxyl groups is 1. The smallest absolute Gasteiger partial charge is 0.0661 e. The molecule has 150 valence electrons. The van der Waals surface area contributed by atoms with Crippen molar-refractivity contribution >= 4 is 6.72 Å². The zero-order chi connectivity index (χ0) is 18.6. The maximum atomic E-state index is 8.81. The van der Waals surface area contributed by atoms with E-state index in [2.05, 4.69) is 11.7 Å². The SMILES string of the molecule is C=NCCOCC(COCCN)(COCCN)COCCCCCO. The number of hydrogen-bond donors (Lipinski definition) is 3. The number of unbranched alkanes of at least 4 members (excludes halogenated alkanes) is 2. The summed E-state index contributed by atoms with van der Waals surface area (Å²) < 4.78 is 22.9. The molecule has 0 radical (unpaired) electrons. The fraction of sp³-hybridized carbons (Fsp3) is 0.941. The van der Waals surface area contributed by atoms with Crippen molar-refractivity contribution in [3.8, 4) is 0 Å². The van der Waals surface area contributed by atoms with E-state index in [9.17, 15) is 0 Å². The van der Waals surface area contributed by atoms with Gasteiger partial charge in [0.1, 0.15) is 0 Å². The van der Waals surface area contributed by atoms with Gasteiger partial charge in [0.25, 0.3) is 0 Å². The van der Waals surface area contributed by atoms with E-state index in [-0.39, 0.29) is 6.61 Å². The Kier molecular flexibility index (Phi) is 17.7. The number of aliphatic imine (C=N–C) groups is 1. The van der Waals surface area contributed by atoms with Crippen molar-refractivity contribution in [2.24, 2.45) is 21.9 Å². The van der Waals surface area contributed by atoms with E-state index < -0.39 is 5.41 Å². The lowest BCUT2D eigenvalue weighted by atomic mass is 9.92. The number of nitrogens with two attached hydrogens (primary N) is 2. The number of nitrogens with zero attached hydrogens (tertiary/aromatic N) is 1. The highest BCUT2D eigenvalue weighted by Crippen LogP contribution is 2.21. The van der Waals surface area contributed by atoms with Gasteiger partial charge in [-0.3, -0.25) is 4.99 Å².